The standard InChI is InChI=1S/C26H36F2O9S.C24H36O5.2C21H21S.C3H4F2O5S.B2.Li.H2N/c1-2-25(18-4-15-3-16(6-18)7-19(25)5-15)34-20(29)11-33-23-9-17-8-22(31,12-23)13-24(10-17,14-23)35-21(30)26(27,28)38-37-36-32;1-2-24(18-4-15-3-16(6-18)7-19(24)5-15)29-20(25)11-28-23-10-17-8-21(26,13-23)12-22(27,9-17)14-23;2*1-16-4-10-19(11-5-16)22(20-12-6-17(2)7-13-20)21-14-8-18(3)9-15-21;1-8-2(6)3(4,5)11-10-9-7;1-2;;/h15-19,31-32H,2-14H2,1H3;15-19,26-27H,2-14H2,1H3;2*4-15H,1-3H3;7H,1H3;;;1H2/q;;2*+1;;;+1;-1/p-2. The Labute approximate surface area is 767 Å². The van der Waals surface area contributed by atoms with Crippen LogP contribution >= 0.6 is 24.1 Å². The number of ether oxygens (including phenoxy) is 6. The number of rotatable bonds is 25. The molecule has 126 heavy (non-hydrogen) atoms. The average Bonchev–Trinajstić information content (AvgIpc) is 0.708. The van der Waals surface area contributed by atoms with E-state index < -0.39 is 91.7 Å². The molecule has 22 rings (SSSR count). The third kappa shape index (κ3) is 23.2. The van der Waals surface area contributed by atoms with Gasteiger partial charge in [0.1, 0.15) is 54.1 Å². The van der Waals surface area contributed by atoms with Crippen molar-refractivity contribution in [3.05, 3.63) is 185 Å². The number of alkyl halides is 4. The van der Waals surface area contributed by atoms with E-state index in [1.165, 1.54) is 101 Å². The number of esters is 4. The van der Waals surface area contributed by atoms with Crippen LogP contribution in [0, 0.1) is 101 Å². The number of methoxy groups -OCH3 is 1. The Hall–Kier alpha value is -5.43. The monoisotopic (exact) mass is 1810 g/mol. The zero-order valence-electron chi connectivity index (χ0n) is 73.8. The Morgan fingerprint density at radius 3 is 0.913 bits per heavy atom. The molecule has 16 saturated carbocycles. The fraction of sp³-hybridized carbons (Fsp3) is 0.579. The molecule has 0 amide bonds. The Bertz CT molecular complexity index is 4210. The van der Waals surface area contributed by atoms with Gasteiger partial charge in [-0.1, -0.05) is 120 Å². The summed E-state index contributed by atoms with van der Waals surface area (Å²) in [5.74, 6) is 0.775. The number of hydrogen-bond acceptors (Lipinski definition) is 21. The van der Waals surface area contributed by atoms with Crippen molar-refractivity contribution in [2.75, 3.05) is 20.3 Å². The summed E-state index contributed by atoms with van der Waals surface area (Å²) in [6.45, 7) is 16.7. The summed E-state index contributed by atoms with van der Waals surface area (Å²) in [7, 11) is 8.69. The fourth-order valence-electron chi connectivity index (χ4n) is 24.8. The van der Waals surface area contributed by atoms with Crippen LogP contribution in [0.1, 0.15) is 201 Å². The minimum atomic E-state index is -4.18. The molecule has 0 aromatic heterocycles. The predicted molar refractivity (Wildman–Crippen MR) is 465 cm³/mol. The molecule has 6 aromatic rings. The van der Waals surface area contributed by atoms with E-state index in [0.29, 0.717) is 68.1 Å². The van der Waals surface area contributed by atoms with Crippen molar-refractivity contribution in [1.82, 2.24) is 0 Å². The van der Waals surface area contributed by atoms with Crippen molar-refractivity contribution >= 4 is 85.2 Å². The summed E-state index contributed by atoms with van der Waals surface area (Å²) >= 11 is -1.47. The van der Waals surface area contributed by atoms with Crippen molar-refractivity contribution in [2.45, 2.75) is 294 Å². The van der Waals surface area contributed by atoms with Gasteiger partial charge >= 0.3 is 53.2 Å². The molecule has 6 unspecified atom stereocenters. The number of benzene rings is 6. The van der Waals surface area contributed by atoms with Gasteiger partial charge in [-0.15, -0.1) is 0 Å². The van der Waals surface area contributed by atoms with E-state index in [-0.39, 0.29) is 96.8 Å². The Kier molecular flexibility index (Phi) is 33.5. The summed E-state index contributed by atoms with van der Waals surface area (Å²) in [4.78, 5) is 56.9. The zero-order valence-corrected chi connectivity index (χ0v) is 77.0. The third-order valence-electron chi connectivity index (χ3n) is 28.5. The molecule has 5 N–H and O–H groups in total. The van der Waals surface area contributed by atoms with Crippen LogP contribution in [-0.2, 0) is 88.1 Å². The van der Waals surface area contributed by atoms with E-state index in [1.54, 1.807) is 0 Å². The molecule has 16 bridgehead atoms. The van der Waals surface area contributed by atoms with E-state index in [2.05, 4.69) is 240 Å². The predicted octanol–water partition coefficient (Wildman–Crippen LogP) is 14.7. The molecule has 16 aliphatic rings. The van der Waals surface area contributed by atoms with Crippen LogP contribution in [0.4, 0.5) is 17.6 Å². The molecule has 4 radical (unpaired) electrons. The molecular weight excluding hydrogens is 1690 g/mol. The van der Waals surface area contributed by atoms with Crippen molar-refractivity contribution < 1.29 is 129 Å². The van der Waals surface area contributed by atoms with Gasteiger partial charge in [0.2, 0.25) is 0 Å². The van der Waals surface area contributed by atoms with E-state index >= 15 is 0 Å². The van der Waals surface area contributed by atoms with E-state index in [1.807, 2.05) is 0 Å². The second-order valence-corrected chi connectivity index (χ2v) is 43.5. The number of carbonyl (C=O) groups excluding carboxylic acids is 4. The maximum Gasteiger partial charge on any atom is 1.00 e. The van der Waals surface area contributed by atoms with Crippen molar-refractivity contribution in [2.24, 2.45) is 59.2 Å². The topological polar surface area (TPSA) is 301 Å². The van der Waals surface area contributed by atoms with E-state index in [0.717, 1.165) is 88.6 Å². The summed E-state index contributed by atoms with van der Waals surface area (Å²) < 4.78 is 93.4. The molecule has 0 heterocycles. The number of aryl methyl sites for hydroxylation is 6. The second kappa shape index (κ2) is 41.8. The SMILES string of the molecule is CCC1(OC(=O)COC23CC4CC(O)(C2)CC(OC(=O)C(F)(F)SOO[O-])(C4)C3)C2CC3CC(C2)CC1C3.CCC1(OC(=O)COC23CC4CC(O)(CC(O)(C4)C2)C3)C2CC3CC(C2)CC1C3.COC(=O)C(F)(F)SOO[O-].Cc1ccc([S+](c2ccc(C)cc2)c2ccc(C)cc2)cc1.Cc1ccc([S+](c2ccc(C)cc2)c2ccc(C)cc2)cc1.[B][B].[Li+].[NH2-]. The van der Waals surface area contributed by atoms with Gasteiger partial charge in [-0.05, 0) is 289 Å². The molecule has 6 atom stereocenters. The molecule has 0 saturated heterocycles. The molecule has 0 spiro atoms. The van der Waals surface area contributed by atoms with Crippen LogP contribution in [0.25, 0.3) is 6.15 Å². The van der Waals surface area contributed by atoms with E-state index in [4.69, 9.17) is 28.9 Å². The van der Waals surface area contributed by atoms with Gasteiger partial charge in [0, 0.05) is 54.0 Å². The molecule has 31 heteroatoms. The fourth-order valence-corrected chi connectivity index (χ4v) is 29.4. The molecule has 16 aliphatic carbocycles. The van der Waals surface area contributed by atoms with Crippen LogP contribution in [0.5, 0.6) is 0 Å². The number of carbonyl (C=O) groups is 4. The third-order valence-corrected chi connectivity index (χ3v) is 33.9. The molecule has 0 aliphatic heterocycles. The largest absolute Gasteiger partial charge is 1.00 e. The van der Waals surface area contributed by atoms with Gasteiger partial charge < -0.3 is 60.4 Å². The van der Waals surface area contributed by atoms with Crippen LogP contribution in [-0.4, -0.2) is 130 Å². The summed E-state index contributed by atoms with van der Waals surface area (Å²) in [6.07, 6.45) is 19.2. The van der Waals surface area contributed by atoms with Crippen LogP contribution in [0.2, 0.25) is 0 Å². The molecule has 676 valence electrons. The van der Waals surface area contributed by atoms with Gasteiger partial charge in [-0.3, -0.25) is 10.1 Å². The number of aliphatic hydroxyl groups is 3. The average molecular weight is 1810 g/mol. The van der Waals surface area contributed by atoms with Gasteiger partial charge in [0.25, 0.3) is 0 Å². The Morgan fingerprint density at radius 2 is 0.651 bits per heavy atom. The molecule has 6 aromatic carbocycles. The Morgan fingerprint density at radius 1 is 0.397 bits per heavy atom. The maximum absolute atomic E-state index is 14.1. The van der Waals surface area contributed by atoms with Crippen LogP contribution < -0.4 is 29.4 Å². The van der Waals surface area contributed by atoms with Crippen LogP contribution in [0.15, 0.2) is 175 Å². The van der Waals surface area contributed by atoms with Crippen molar-refractivity contribution in [3.8, 4) is 0 Å². The zero-order chi connectivity index (χ0) is 89.0. The van der Waals surface area contributed by atoms with E-state index in [9.17, 15) is 57.3 Å². The number of halogens is 4. The number of nitrogens with two attached hydrogens (primary N) is 1. The normalized spacial score (nSPS) is 31.9. The van der Waals surface area contributed by atoms with Crippen LogP contribution in [0.3, 0.4) is 0 Å². The quantitative estimate of drug-likeness (QED) is 0.00701. The van der Waals surface area contributed by atoms with Gasteiger partial charge in [-0.25, -0.2) is 19.2 Å². The first-order chi connectivity index (χ1) is 58.9. The summed E-state index contributed by atoms with van der Waals surface area (Å²) in [6, 6.07) is 53.6. The second-order valence-electron chi connectivity index (χ2n) is 37.8. The van der Waals surface area contributed by atoms with Gasteiger partial charge in [0.05, 0.1) is 56.9 Å². The molecule has 16 fully saturated rings. The summed E-state index contributed by atoms with van der Waals surface area (Å²) in [5.41, 5.74) is 1.25. The van der Waals surface area contributed by atoms with Gasteiger partial charge in [-0.2, -0.15) is 26.2 Å². The first-order valence-corrected chi connectivity index (χ1v) is 47.4. The summed E-state index contributed by atoms with van der Waals surface area (Å²) in [5, 5.41) is 49.5. The smallest absolute Gasteiger partial charge is 0.693 e. The Balaban J connectivity index is 0.000000158. The van der Waals surface area contributed by atoms with Gasteiger partial charge in [0.15, 0.2) is 29.4 Å². The minimum absolute atomic E-state index is 0. The number of hydrogen-bond donors (Lipinski definition) is 3. The maximum atomic E-state index is 14.1. The first kappa shape index (κ1) is 101. The minimum Gasteiger partial charge on any atom is -0.693 e. The molecule has 20 nitrogen and oxygen atoms in total. The molecular formula is C95H118B2F4LiNO19S4. The first-order valence-electron chi connectivity index (χ1n) is 43.4. The van der Waals surface area contributed by atoms with Crippen molar-refractivity contribution in [1.29, 1.82) is 0 Å². The van der Waals surface area contributed by atoms with Crippen molar-refractivity contribution in [3.63, 3.8) is 0 Å².